The van der Waals surface area contributed by atoms with Gasteiger partial charge in [0.25, 0.3) is 0 Å². The van der Waals surface area contributed by atoms with Gasteiger partial charge in [0, 0.05) is 25.9 Å². The molecule has 0 bridgehead atoms. The van der Waals surface area contributed by atoms with Gasteiger partial charge in [-0.15, -0.1) is 0 Å². The first-order valence-electron chi connectivity index (χ1n) is 7.59. The first-order chi connectivity index (χ1) is 10.2. The van der Waals surface area contributed by atoms with Gasteiger partial charge in [-0.3, -0.25) is 0 Å². The molecule has 0 unspecified atom stereocenters. The predicted octanol–water partition coefficient (Wildman–Crippen LogP) is 3.27. The molecule has 0 radical (unpaired) electrons. The second kappa shape index (κ2) is 7.25. The maximum absolute atomic E-state index is 9.27. The topological polar surface area (TPSA) is 49.6 Å². The highest BCUT2D eigenvalue weighted by molar-refractivity contribution is 6.30. The lowest BCUT2D eigenvalue weighted by molar-refractivity contribution is 0.163. The summed E-state index contributed by atoms with van der Waals surface area (Å²) in [5.41, 5.74) is 2.01. The summed E-state index contributed by atoms with van der Waals surface area (Å²) in [5, 5.41) is 13.3. The molecule has 2 N–H and O–H groups in total. The molecular weight excluding hydrogens is 286 g/mol. The summed E-state index contributed by atoms with van der Waals surface area (Å²) < 4.78 is 2.01. The summed E-state index contributed by atoms with van der Waals surface area (Å²) in [7, 11) is 0. The van der Waals surface area contributed by atoms with Crippen LogP contribution in [0.2, 0.25) is 5.15 Å². The minimum Gasteiger partial charge on any atom is -0.396 e. The van der Waals surface area contributed by atoms with Crippen LogP contribution in [0.25, 0.3) is 5.65 Å². The van der Waals surface area contributed by atoms with Crippen LogP contribution in [0, 0.1) is 5.41 Å². The number of nitrogens with zero attached hydrogens (tertiary/aromatic N) is 2. The van der Waals surface area contributed by atoms with Crippen molar-refractivity contribution in [2.75, 3.05) is 13.2 Å². The Balaban J connectivity index is 2.06. The molecule has 0 saturated heterocycles. The highest BCUT2D eigenvalue weighted by Gasteiger charge is 2.25. The van der Waals surface area contributed by atoms with E-state index in [1.165, 1.54) is 0 Å². The minimum atomic E-state index is 0.154. The molecule has 2 aromatic heterocycles. The zero-order valence-electron chi connectivity index (χ0n) is 12.8. The van der Waals surface area contributed by atoms with Crippen LogP contribution in [0.3, 0.4) is 0 Å². The van der Waals surface area contributed by atoms with Crippen LogP contribution < -0.4 is 5.32 Å². The number of rotatable bonds is 8. The number of imidazole rings is 1. The van der Waals surface area contributed by atoms with E-state index in [9.17, 15) is 5.11 Å². The van der Waals surface area contributed by atoms with Crippen molar-refractivity contribution < 1.29 is 5.11 Å². The summed E-state index contributed by atoms with van der Waals surface area (Å²) in [6.07, 6.45) is 4.91. The maximum Gasteiger partial charge on any atom is 0.152 e. The molecule has 2 heterocycles. The Hall–Kier alpha value is -1.10. The fourth-order valence-corrected chi connectivity index (χ4v) is 3.05. The van der Waals surface area contributed by atoms with Crippen molar-refractivity contribution in [3.63, 3.8) is 0 Å². The highest BCUT2D eigenvalue weighted by Crippen LogP contribution is 2.29. The summed E-state index contributed by atoms with van der Waals surface area (Å²) >= 11 is 6.23. The van der Waals surface area contributed by atoms with Gasteiger partial charge in [-0.05, 0) is 36.8 Å². The van der Waals surface area contributed by atoms with Gasteiger partial charge >= 0.3 is 0 Å². The van der Waals surface area contributed by atoms with Gasteiger partial charge in [0.1, 0.15) is 5.65 Å². The molecule has 0 aliphatic rings. The number of aliphatic hydroxyl groups is 1. The molecule has 4 nitrogen and oxygen atoms in total. The third-order valence-corrected chi connectivity index (χ3v) is 4.82. The fourth-order valence-electron chi connectivity index (χ4n) is 2.80. The normalized spacial score (nSPS) is 12.2. The summed E-state index contributed by atoms with van der Waals surface area (Å²) in [6.45, 7) is 6.15. The van der Waals surface area contributed by atoms with E-state index in [0.717, 1.165) is 37.1 Å². The Kier molecular flexibility index (Phi) is 5.62. The van der Waals surface area contributed by atoms with Crippen LogP contribution in [0.15, 0.2) is 24.4 Å². The molecule has 0 fully saturated rings. The van der Waals surface area contributed by atoms with E-state index in [-0.39, 0.29) is 12.0 Å². The molecule has 0 aliphatic carbocycles. The standard InChI is InChI=1S/C16H24ClN3O/c1-3-16(4-2,8-10-21)12-18-11-13-15(17)19-14-7-5-6-9-20(13)14/h5-7,9,18,21H,3-4,8,10-12H2,1-2H3. The van der Waals surface area contributed by atoms with Gasteiger partial charge in [0.15, 0.2) is 5.15 Å². The van der Waals surface area contributed by atoms with Gasteiger partial charge in [-0.1, -0.05) is 31.5 Å². The van der Waals surface area contributed by atoms with Crippen molar-refractivity contribution in [2.24, 2.45) is 5.41 Å². The van der Waals surface area contributed by atoms with Crippen LogP contribution in [0.5, 0.6) is 0 Å². The zero-order valence-corrected chi connectivity index (χ0v) is 13.5. The second-order valence-electron chi connectivity index (χ2n) is 5.56. The van der Waals surface area contributed by atoms with Gasteiger partial charge in [0.05, 0.1) is 5.69 Å². The zero-order chi connectivity index (χ0) is 15.3. The first kappa shape index (κ1) is 16.3. The Morgan fingerprint density at radius 1 is 1.33 bits per heavy atom. The average molecular weight is 310 g/mol. The quantitative estimate of drug-likeness (QED) is 0.787. The van der Waals surface area contributed by atoms with Crippen molar-refractivity contribution in [3.8, 4) is 0 Å². The number of pyridine rings is 1. The molecule has 21 heavy (non-hydrogen) atoms. The largest absolute Gasteiger partial charge is 0.396 e. The molecule has 0 amide bonds. The number of fused-ring (bicyclic) bond motifs is 1. The van der Waals surface area contributed by atoms with E-state index < -0.39 is 0 Å². The molecule has 2 rings (SSSR count). The van der Waals surface area contributed by atoms with Gasteiger partial charge in [-0.2, -0.15) is 0 Å². The molecule has 116 valence electrons. The maximum atomic E-state index is 9.27. The SMILES string of the molecule is CCC(CC)(CCO)CNCc1c(Cl)nc2ccccn12. The number of aromatic nitrogens is 2. The van der Waals surface area contributed by atoms with Gasteiger partial charge < -0.3 is 14.8 Å². The van der Waals surface area contributed by atoms with E-state index in [1.807, 2.05) is 28.8 Å². The molecule has 0 aromatic carbocycles. The molecule has 5 heteroatoms. The van der Waals surface area contributed by atoms with Crippen LogP contribution >= 0.6 is 11.6 Å². The summed E-state index contributed by atoms with van der Waals surface area (Å²) in [6, 6.07) is 5.88. The van der Waals surface area contributed by atoms with Crippen LogP contribution in [0.4, 0.5) is 0 Å². The number of hydrogen-bond donors (Lipinski definition) is 2. The first-order valence-corrected chi connectivity index (χ1v) is 7.96. The Morgan fingerprint density at radius 3 is 2.76 bits per heavy atom. The van der Waals surface area contributed by atoms with Crippen LogP contribution in [-0.4, -0.2) is 27.6 Å². The average Bonchev–Trinajstić information content (AvgIpc) is 2.82. The smallest absolute Gasteiger partial charge is 0.152 e. The summed E-state index contributed by atoms with van der Waals surface area (Å²) in [4.78, 5) is 4.35. The molecular formula is C16H24ClN3O. The Morgan fingerprint density at radius 2 is 2.10 bits per heavy atom. The second-order valence-corrected chi connectivity index (χ2v) is 5.92. The van der Waals surface area contributed by atoms with Crippen LogP contribution in [0.1, 0.15) is 38.8 Å². The third-order valence-electron chi connectivity index (χ3n) is 4.51. The lowest BCUT2D eigenvalue weighted by Crippen LogP contribution is -2.34. The van der Waals surface area contributed by atoms with Crippen molar-refractivity contribution in [1.82, 2.24) is 14.7 Å². The Bertz CT molecular complexity index is 578. The molecule has 0 spiro atoms. The van der Waals surface area contributed by atoms with Gasteiger partial charge in [-0.25, -0.2) is 4.98 Å². The lowest BCUT2D eigenvalue weighted by atomic mass is 9.79. The fraction of sp³-hybridized carbons (Fsp3) is 0.562. The Labute approximate surface area is 131 Å². The van der Waals surface area contributed by atoms with Crippen molar-refractivity contribution in [1.29, 1.82) is 0 Å². The van der Waals surface area contributed by atoms with E-state index in [1.54, 1.807) is 0 Å². The highest BCUT2D eigenvalue weighted by atomic mass is 35.5. The van der Waals surface area contributed by atoms with E-state index >= 15 is 0 Å². The molecule has 2 aromatic rings. The number of hydrogen-bond acceptors (Lipinski definition) is 3. The molecule has 0 atom stereocenters. The van der Waals surface area contributed by atoms with E-state index in [0.29, 0.717) is 11.7 Å². The number of halogens is 1. The van der Waals surface area contributed by atoms with E-state index in [4.69, 9.17) is 11.6 Å². The van der Waals surface area contributed by atoms with Crippen LogP contribution in [-0.2, 0) is 6.54 Å². The third kappa shape index (κ3) is 3.57. The number of nitrogens with one attached hydrogen (secondary N) is 1. The van der Waals surface area contributed by atoms with E-state index in [2.05, 4.69) is 24.1 Å². The predicted molar refractivity (Wildman–Crippen MR) is 86.6 cm³/mol. The number of aliphatic hydroxyl groups excluding tert-OH is 1. The lowest BCUT2D eigenvalue weighted by Gasteiger charge is -2.31. The monoisotopic (exact) mass is 309 g/mol. The van der Waals surface area contributed by atoms with Gasteiger partial charge in [0.2, 0.25) is 0 Å². The van der Waals surface area contributed by atoms with Crippen molar-refractivity contribution in [3.05, 3.63) is 35.2 Å². The minimum absolute atomic E-state index is 0.154. The van der Waals surface area contributed by atoms with Crippen molar-refractivity contribution >= 4 is 17.2 Å². The molecule has 0 aliphatic heterocycles. The summed E-state index contributed by atoms with van der Waals surface area (Å²) in [5.74, 6) is 0. The van der Waals surface area contributed by atoms with Crippen molar-refractivity contribution in [2.45, 2.75) is 39.7 Å². The molecule has 0 saturated carbocycles.